The Morgan fingerprint density at radius 3 is 2.74 bits per heavy atom. The van der Waals surface area contributed by atoms with Crippen molar-refractivity contribution in [3.05, 3.63) is 22.8 Å². The number of nitrogens with one attached hydrogen (secondary N) is 1. The van der Waals surface area contributed by atoms with E-state index in [1.807, 2.05) is 12.1 Å². The molecule has 1 aromatic rings. The second kappa shape index (κ2) is 8.35. The number of ether oxygens (including phenoxy) is 1. The molecule has 1 heterocycles. The Balaban J connectivity index is 2.80. The quantitative estimate of drug-likeness (QED) is 0.797. The average Bonchev–Trinajstić information content (AvgIpc) is 2.39. The molecular formula is C14H24ClN3O. The van der Waals surface area contributed by atoms with Crippen molar-refractivity contribution in [2.75, 3.05) is 32.1 Å². The molecule has 1 atom stereocenters. The van der Waals surface area contributed by atoms with Gasteiger partial charge in [-0.1, -0.05) is 18.5 Å². The SMILES string of the molecule is CCNc1ccc(Cl)c(CN(CC)C(C)COC)n1. The first-order valence-electron chi connectivity index (χ1n) is 6.74. The monoisotopic (exact) mass is 285 g/mol. The first-order chi connectivity index (χ1) is 9.12. The van der Waals surface area contributed by atoms with E-state index in [-0.39, 0.29) is 0 Å². The van der Waals surface area contributed by atoms with Crippen molar-refractivity contribution >= 4 is 17.4 Å². The second-order valence-corrected chi connectivity index (χ2v) is 4.93. The van der Waals surface area contributed by atoms with E-state index in [2.05, 4.69) is 36.0 Å². The summed E-state index contributed by atoms with van der Waals surface area (Å²) in [4.78, 5) is 6.87. The van der Waals surface area contributed by atoms with Gasteiger partial charge in [-0.2, -0.15) is 0 Å². The van der Waals surface area contributed by atoms with Gasteiger partial charge in [0.05, 0.1) is 17.3 Å². The maximum Gasteiger partial charge on any atom is 0.126 e. The van der Waals surface area contributed by atoms with Gasteiger partial charge in [0.15, 0.2) is 0 Å². The van der Waals surface area contributed by atoms with Gasteiger partial charge < -0.3 is 10.1 Å². The fourth-order valence-corrected chi connectivity index (χ4v) is 2.16. The third-order valence-corrected chi connectivity index (χ3v) is 3.41. The highest BCUT2D eigenvalue weighted by Crippen LogP contribution is 2.19. The van der Waals surface area contributed by atoms with Crippen LogP contribution in [0, 0.1) is 0 Å². The lowest BCUT2D eigenvalue weighted by molar-refractivity contribution is 0.0974. The zero-order valence-corrected chi connectivity index (χ0v) is 13.0. The number of aromatic nitrogens is 1. The molecule has 0 radical (unpaired) electrons. The maximum absolute atomic E-state index is 6.23. The molecule has 1 unspecified atom stereocenters. The van der Waals surface area contributed by atoms with Crippen LogP contribution in [0.5, 0.6) is 0 Å². The average molecular weight is 286 g/mol. The minimum Gasteiger partial charge on any atom is -0.383 e. The van der Waals surface area contributed by atoms with Crippen molar-refractivity contribution in [2.24, 2.45) is 0 Å². The van der Waals surface area contributed by atoms with E-state index < -0.39 is 0 Å². The van der Waals surface area contributed by atoms with Crippen LogP contribution in [0.2, 0.25) is 5.02 Å². The molecule has 0 spiro atoms. The summed E-state index contributed by atoms with van der Waals surface area (Å²) in [5.41, 5.74) is 0.907. The van der Waals surface area contributed by atoms with E-state index in [0.717, 1.165) is 31.1 Å². The predicted octanol–water partition coefficient (Wildman–Crippen LogP) is 3.02. The van der Waals surface area contributed by atoms with Crippen LogP contribution in [0.1, 0.15) is 26.5 Å². The van der Waals surface area contributed by atoms with Crippen LogP contribution < -0.4 is 5.32 Å². The van der Waals surface area contributed by atoms with Gasteiger partial charge in [-0.3, -0.25) is 4.90 Å². The van der Waals surface area contributed by atoms with Crippen LogP contribution in [-0.4, -0.2) is 42.7 Å². The Kier molecular flexibility index (Phi) is 7.13. The molecule has 0 saturated carbocycles. The van der Waals surface area contributed by atoms with Crippen molar-refractivity contribution in [1.29, 1.82) is 0 Å². The van der Waals surface area contributed by atoms with E-state index in [1.165, 1.54) is 0 Å². The third-order valence-electron chi connectivity index (χ3n) is 3.07. The largest absolute Gasteiger partial charge is 0.383 e. The van der Waals surface area contributed by atoms with Crippen LogP contribution in [-0.2, 0) is 11.3 Å². The molecule has 0 bridgehead atoms. The van der Waals surface area contributed by atoms with Gasteiger partial charge in [-0.15, -0.1) is 0 Å². The summed E-state index contributed by atoms with van der Waals surface area (Å²) < 4.78 is 5.21. The molecule has 0 fully saturated rings. The van der Waals surface area contributed by atoms with E-state index in [0.29, 0.717) is 17.7 Å². The highest BCUT2D eigenvalue weighted by molar-refractivity contribution is 6.31. The lowest BCUT2D eigenvalue weighted by Gasteiger charge is -2.27. The van der Waals surface area contributed by atoms with Gasteiger partial charge in [0.2, 0.25) is 0 Å². The molecule has 19 heavy (non-hydrogen) atoms. The van der Waals surface area contributed by atoms with E-state index in [9.17, 15) is 0 Å². The topological polar surface area (TPSA) is 37.4 Å². The molecule has 0 amide bonds. The normalized spacial score (nSPS) is 12.7. The predicted molar refractivity (Wildman–Crippen MR) is 80.8 cm³/mol. The summed E-state index contributed by atoms with van der Waals surface area (Å²) in [7, 11) is 1.72. The van der Waals surface area contributed by atoms with Crippen molar-refractivity contribution in [2.45, 2.75) is 33.4 Å². The van der Waals surface area contributed by atoms with Crippen molar-refractivity contribution in [3.8, 4) is 0 Å². The standard InChI is InChI=1S/C14H24ClN3O/c1-5-16-14-8-7-12(15)13(17-14)9-18(6-2)11(3)10-19-4/h7-8,11H,5-6,9-10H2,1-4H3,(H,16,17). The molecule has 0 aromatic carbocycles. The molecule has 0 aliphatic rings. The van der Waals surface area contributed by atoms with Crippen LogP contribution in [0.4, 0.5) is 5.82 Å². The smallest absolute Gasteiger partial charge is 0.126 e. The first kappa shape index (κ1) is 16.2. The minimum atomic E-state index is 0.343. The van der Waals surface area contributed by atoms with Gasteiger partial charge in [-0.05, 0) is 32.5 Å². The molecule has 1 aromatic heterocycles. The molecule has 1 rings (SSSR count). The summed E-state index contributed by atoms with van der Waals surface area (Å²) in [5, 5.41) is 3.92. The summed E-state index contributed by atoms with van der Waals surface area (Å²) >= 11 is 6.23. The van der Waals surface area contributed by atoms with Gasteiger partial charge in [0, 0.05) is 26.2 Å². The lowest BCUT2D eigenvalue weighted by atomic mass is 10.2. The number of hydrogen-bond acceptors (Lipinski definition) is 4. The minimum absolute atomic E-state index is 0.343. The van der Waals surface area contributed by atoms with Gasteiger partial charge >= 0.3 is 0 Å². The van der Waals surface area contributed by atoms with Crippen LogP contribution in [0.3, 0.4) is 0 Å². The van der Waals surface area contributed by atoms with Crippen molar-refractivity contribution in [3.63, 3.8) is 0 Å². The van der Waals surface area contributed by atoms with Crippen molar-refractivity contribution < 1.29 is 4.74 Å². The fourth-order valence-electron chi connectivity index (χ4n) is 1.99. The zero-order valence-electron chi connectivity index (χ0n) is 12.2. The second-order valence-electron chi connectivity index (χ2n) is 4.52. The first-order valence-corrected chi connectivity index (χ1v) is 7.12. The molecule has 108 valence electrons. The molecular weight excluding hydrogens is 262 g/mol. The Hall–Kier alpha value is -0.840. The van der Waals surface area contributed by atoms with Gasteiger partial charge in [0.25, 0.3) is 0 Å². The number of rotatable bonds is 8. The third kappa shape index (κ3) is 4.97. The van der Waals surface area contributed by atoms with Crippen LogP contribution >= 0.6 is 11.6 Å². The molecule has 1 N–H and O–H groups in total. The summed E-state index contributed by atoms with van der Waals surface area (Å²) in [6, 6.07) is 4.15. The molecule has 0 aliphatic carbocycles. The zero-order chi connectivity index (χ0) is 14.3. The highest BCUT2D eigenvalue weighted by atomic mass is 35.5. The lowest BCUT2D eigenvalue weighted by Crippen LogP contribution is -2.35. The number of hydrogen-bond donors (Lipinski definition) is 1. The van der Waals surface area contributed by atoms with Crippen molar-refractivity contribution in [1.82, 2.24) is 9.88 Å². The van der Waals surface area contributed by atoms with Gasteiger partial charge in [0.1, 0.15) is 5.82 Å². The number of anilines is 1. The number of likely N-dealkylation sites (N-methyl/N-ethyl adjacent to an activating group) is 1. The van der Waals surface area contributed by atoms with Crippen LogP contribution in [0.15, 0.2) is 12.1 Å². The number of methoxy groups -OCH3 is 1. The Morgan fingerprint density at radius 1 is 1.42 bits per heavy atom. The summed E-state index contributed by atoms with van der Waals surface area (Å²) in [5.74, 6) is 0.873. The number of halogens is 1. The maximum atomic E-state index is 6.23. The fraction of sp³-hybridized carbons (Fsp3) is 0.643. The Labute approximate surface area is 121 Å². The molecule has 0 saturated heterocycles. The van der Waals surface area contributed by atoms with E-state index >= 15 is 0 Å². The Bertz CT molecular complexity index is 387. The van der Waals surface area contributed by atoms with E-state index in [4.69, 9.17) is 16.3 Å². The summed E-state index contributed by atoms with van der Waals surface area (Å²) in [6.45, 7) is 9.56. The highest BCUT2D eigenvalue weighted by Gasteiger charge is 2.15. The Morgan fingerprint density at radius 2 is 2.16 bits per heavy atom. The number of pyridine rings is 1. The molecule has 0 aliphatic heterocycles. The summed E-state index contributed by atoms with van der Waals surface area (Å²) in [6.07, 6.45) is 0. The number of nitrogens with zero attached hydrogens (tertiary/aromatic N) is 2. The van der Waals surface area contributed by atoms with Gasteiger partial charge in [-0.25, -0.2) is 4.98 Å². The molecule has 4 nitrogen and oxygen atoms in total. The van der Waals surface area contributed by atoms with E-state index in [1.54, 1.807) is 7.11 Å². The van der Waals surface area contributed by atoms with Crippen LogP contribution in [0.25, 0.3) is 0 Å². The molecule has 5 heteroatoms.